The van der Waals surface area contributed by atoms with E-state index in [4.69, 9.17) is 5.11 Å². The Labute approximate surface area is 118 Å². The summed E-state index contributed by atoms with van der Waals surface area (Å²) in [6, 6.07) is 8.37. The highest BCUT2D eigenvalue weighted by Crippen LogP contribution is 2.60. The average Bonchev–Trinajstić information content (AvgIpc) is 3.13. The molecule has 0 bridgehead atoms. The zero-order chi connectivity index (χ0) is 14.3. The van der Waals surface area contributed by atoms with E-state index in [2.05, 4.69) is 12.1 Å². The first kappa shape index (κ1) is 13.2. The SMILES string of the molecule is CN(CC(=O)O)C(=O)C1CC12CCCc1ccccc12. The van der Waals surface area contributed by atoms with Crippen LogP contribution < -0.4 is 0 Å². The van der Waals surface area contributed by atoms with Crippen LogP contribution in [-0.2, 0) is 21.4 Å². The van der Waals surface area contributed by atoms with Gasteiger partial charge in [-0.1, -0.05) is 24.3 Å². The third-order valence-corrected chi connectivity index (χ3v) is 4.74. The van der Waals surface area contributed by atoms with Crippen molar-refractivity contribution in [2.24, 2.45) is 5.92 Å². The van der Waals surface area contributed by atoms with E-state index in [1.165, 1.54) is 16.0 Å². The van der Waals surface area contributed by atoms with Gasteiger partial charge in [0.15, 0.2) is 0 Å². The Morgan fingerprint density at radius 3 is 2.90 bits per heavy atom. The third kappa shape index (κ3) is 1.99. The first-order chi connectivity index (χ1) is 9.54. The molecule has 1 aromatic rings. The Balaban J connectivity index is 1.81. The third-order valence-electron chi connectivity index (χ3n) is 4.74. The van der Waals surface area contributed by atoms with Crippen LogP contribution in [-0.4, -0.2) is 35.5 Å². The van der Waals surface area contributed by atoms with Crippen molar-refractivity contribution in [2.45, 2.75) is 31.1 Å². The number of aliphatic carboxylic acids is 1. The predicted molar refractivity (Wildman–Crippen MR) is 74.4 cm³/mol. The van der Waals surface area contributed by atoms with Crippen LogP contribution in [0.3, 0.4) is 0 Å². The van der Waals surface area contributed by atoms with E-state index in [0.717, 1.165) is 25.7 Å². The summed E-state index contributed by atoms with van der Waals surface area (Å²) in [4.78, 5) is 24.5. The number of carboxylic acids is 1. The van der Waals surface area contributed by atoms with E-state index in [1.807, 2.05) is 12.1 Å². The molecule has 1 amide bonds. The van der Waals surface area contributed by atoms with Gasteiger partial charge in [0.25, 0.3) is 0 Å². The molecule has 0 radical (unpaired) electrons. The van der Waals surface area contributed by atoms with Gasteiger partial charge in [-0.15, -0.1) is 0 Å². The molecular weight excluding hydrogens is 254 g/mol. The number of carboxylic acid groups (broad SMARTS) is 1. The van der Waals surface area contributed by atoms with E-state index in [0.29, 0.717) is 0 Å². The zero-order valence-corrected chi connectivity index (χ0v) is 11.6. The number of likely N-dealkylation sites (N-methyl/N-ethyl adjacent to an activating group) is 1. The summed E-state index contributed by atoms with van der Waals surface area (Å²) >= 11 is 0. The molecule has 3 rings (SSSR count). The largest absolute Gasteiger partial charge is 0.480 e. The van der Waals surface area contributed by atoms with Gasteiger partial charge in [0.1, 0.15) is 6.54 Å². The molecule has 0 heterocycles. The fourth-order valence-electron chi connectivity index (χ4n) is 3.70. The molecule has 20 heavy (non-hydrogen) atoms. The van der Waals surface area contributed by atoms with Crippen LogP contribution in [0.2, 0.25) is 0 Å². The normalized spacial score (nSPS) is 26.9. The summed E-state index contributed by atoms with van der Waals surface area (Å²) in [7, 11) is 1.58. The number of nitrogens with zero attached hydrogens (tertiary/aromatic N) is 1. The maximum Gasteiger partial charge on any atom is 0.323 e. The second-order valence-corrected chi connectivity index (χ2v) is 6.01. The van der Waals surface area contributed by atoms with Gasteiger partial charge in [-0.05, 0) is 36.8 Å². The smallest absolute Gasteiger partial charge is 0.323 e. The standard InChI is InChI=1S/C16H19NO3/c1-17(10-14(18)19)15(20)13-9-16(13)8-4-6-11-5-2-3-7-12(11)16/h2-3,5,7,13H,4,6,8-10H2,1H3,(H,18,19). The Hall–Kier alpha value is -1.84. The fourth-order valence-corrected chi connectivity index (χ4v) is 3.70. The van der Waals surface area contributed by atoms with Crippen LogP contribution in [0.4, 0.5) is 0 Å². The van der Waals surface area contributed by atoms with Gasteiger partial charge in [-0.3, -0.25) is 9.59 Å². The molecule has 4 nitrogen and oxygen atoms in total. The van der Waals surface area contributed by atoms with Crippen LogP contribution in [0.25, 0.3) is 0 Å². The molecule has 4 heteroatoms. The van der Waals surface area contributed by atoms with Gasteiger partial charge in [-0.2, -0.15) is 0 Å². The van der Waals surface area contributed by atoms with Crippen molar-refractivity contribution in [3.63, 3.8) is 0 Å². The van der Waals surface area contributed by atoms with Crippen LogP contribution in [0.5, 0.6) is 0 Å². The maximum absolute atomic E-state index is 12.4. The van der Waals surface area contributed by atoms with Crippen LogP contribution in [0.1, 0.15) is 30.4 Å². The summed E-state index contributed by atoms with van der Waals surface area (Å²) in [6.07, 6.45) is 4.11. The lowest BCUT2D eigenvalue weighted by atomic mass is 9.78. The monoisotopic (exact) mass is 273 g/mol. The van der Waals surface area contributed by atoms with Gasteiger partial charge in [-0.25, -0.2) is 0 Å². The fraction of sp³-hybridized carbons (Fsp3) is 0.500. The summed E-state index contributed by atoms with van der Waals surface area (Å²) in [5, 5.41) is 8.80. The Kier molecular flexibility index (Phi) is 3.04. The number of rotatable bonds is 3. The molecule has 2 aliphatic carbocycles. The van der Waals surface area contributed by atoms with E-state index >= 15 is 0 Å². The van der Waals surface area contributed by atoms with Crippen LogP contribution in [0.15, 0.2) is 24.3 Å². The molecule has 1 aromatic carbocycles. The number of amides is 1. The molecule has 106 valence electrons. The number of hydrogen-bond donors (Lipinski definition) is 1. The highest BCUT2D eigenvalue weighted by Gasteiger charge is 2.60. The minimum absolute atomic E-state index is 0.0152. The van der Waals surface area contributed by atoms with Gasteiger partial charge in [0, 0.05) is 18.4 Å². The molecule has 1 spiro atoms. The summed E-state index contributed by atoms with van der Waals surface area (Å²) < 4.78 is 0. The van der Waals surface area contributed by atoms with Gasteiger partial charge < -0.3 is 10.0 Å². The minimum Gasteiger partial charge on any atom is -0.480 e. The molecule has 2 aliphatic rings. The Morgan fingerprint density at radius 2 is 2.15 bits per heavy atom. The van der Waals surface area contributed by atoms with E-state index < -0.39 is 5.97 Å². The molecule has 2 atom stereocenters. The predicted octanol–water partition coefficient (Wildman–Crippen LogP) is 1.82. The molecule has 1 fully saturated rings. The molecule has 0 aromatic heterocycles. The number of hydrogen-bond acceptors (Lipinski definition) is 2. The zero-order valence-electron chi connectivity index (χ0n) is 11.6. The molecule has 1 N–H and O–H groups in total. The second kappa shape index (κ2) is 4.62. The highest BCUT2D eigenvalue weighted by molar-refractivity contribution is 5.87. The quantitative estimate of drug-likeness (QED) is 0.914. The van der Waals surface area contributed by atoms with Crippen molar-refractivity contribution >= 4 is 11.9 Å². The van der Waals surface area contributed by atoms with Gasteiger partial charge in [0.2, 0.25) is 5.91 Å². The number of aryl methyl sites for hydroxylation is 1. The highest BCUT2D eigenvalue weighted by atomic mass is 16.4. The lowest BCUT2D eigenvalue weighted by Gasteiger charge is -2.27. The lowest BCUT2D eigenvalue weighted by molar-refractivity contribution is -0.144. The van der Waals surface area contributed by atoms with E-state index in [9.17, 15) is 9.59 Å². The minimum atomic E-state index is -0.959. The van der Waals surface area contributed by atoms with Crippen molar-refractivity contribution < 1.29 is 14.7 Å². The van der Waals surface area contributed by atoms with Gasteiger partial charge >= 0.3 is 5.97 Å². The van der Waals surface area contributed by atoms with Crippen molar-refractivity contribution in [2.75, 3.05) is 13.6 Å². The van der Waals surface area contributed by atoms with Crippen molar-refractivity contribution in [3.8, 4) is 0 Å². The average molecular weight is 273 g/mol. The van der Waals surface area contributed by atoms with Crippen LogP contribution in [0, 0.1) is 5.92 Å². The van der Waals surface area contributed by atoms with Crippen LogP contribution >= 0.6 is 0 Å². The number of benzene rings is 1. The van der Waals surface area contributed by atoms with E-state index in [1.54, 1.807) is 7.05 Å². The summed E-state index contributed by atoms with van der Waals surface area (Å²) in [6.45, 7) is -0.215. The summed E-state index contributed by atoms with van der Waals surface area (Å²) in [5.74, 6) is -1.02. The van der Waals surface area contributed by atoms with Gasteiger partial charge in [0.05, 0.1) is 0 Å². The summed E-state index contributed by atoms with van der Waals surface area (Å²) in [5.41, 5.74) is 2.65. The first-order valence-corrected chi connectivity index (χ1v) is 7.10. The second-order valence-electron chi connectivity index (χ2n) is 6.01. The molecule has 0 saturated heterocycles. The molecular formula is C16H19NO3. The molecule has 0 aliphatic heterocycles. The maximum atomic E-state index is 12.4. The number of fused-ring (bicyclic) bond motifs is 2. The molecule has 2 unspecified atom stereocenters. The van der Waals surface area contributed by atoms with Crippen molar-refractivity contribution in [1.29, 1.82) is 0 Å². The topological polar surface area (TPSA) is 57.6 Å². The number of carbonyl (C=O) groups excluding carboxylic acids is 1. The van der Waals surface area contributed by atoms with Crippen molar-refractivity contribution in [1.82, 2.24) is 4.90 Å². The molecule has 1 saturated carbocycles. The Bertz CT molecular complexity index is 569. The Morgan fingerprint density at radius 1 is 1.40 bits per heavy atom. The lowest BCUT2D eigenvalue weighted by Crippen LogP contribution is -2.35. The van der Waals surface area contributed by atoms with E-state index in [-0.39, 0.29) is 23.8 Å². The first-order valence-electron chi connectivity index (χ1n) is 7.10. The number of carbonyl (C=O) groups is 2. The van der Waals surface area contributed by atoms with Crippen molar-refractivity contribution in [3.05, 3.63) is 35.4 Å².